The summed E-state index contributed by atoms with van der Waals surface area (Å²) in [4.78, 5) is 13.6. The number of amides is 1. The number of rotatable bonds is 4. The average molecular weight is 304 g/mol. The van der Waals surface area contributed by atoms with Crippen molar-refractivity contribution in [3.05, 3.63) is 29.8 Å². The van der Waals surface area contributed by atoms with Gasteiger partial charge in [-0.2, -0.15) is 11.8 Å². The van der Waals surface area contributed by atoms with Crippen LogP contribution in [0.3, 0.4) is 0 Å². The van der Waals surface area contributed by atoms with Crippen molar-refractivity contribution in [1.82, 2.24) is 5.32 Å². The van der Waals surface area contributed by atoms with Crippen LogP contribution < -0.4 is 10.2 Å². The molecule has 2 aliphatic rings. The molecular formula is C17H24N2OS. The molecule has 2 saturated heterocycles. The van der Waals surface area contributed by atoms with Gasteiger partial charge in [0.05, 0.1) is 0 Å². The maximum atomic E-state index is 11.7. The number of benzene rings is 1. The molecule has 1 aromatic rings. The number of carbonyl (C=O) groups excluding carboxylic acids is 1. The van der Waals surface area contributed by atoms with E-state index < -0.39 is 0 Å². The second kappa shape index (κ2) is 6.84. The minimum Gasteiger partial charge on any atom is -0.312 e. The first-order valence-electron chi connectivity index (χ1n) is 7.98. The fourth-order valence-corrected chi connectivity index (χ4v) is 4.32. The van der Waals surface area contributed by atoms with E-state index in [0.717, 1.165) is 25.2 Å². The van der Waals surface area contributed by atoms with Gasteiger partial charge in [0.1, 0.15) is 0 Å². The van der Waals surface area contributed by atoms with Crippen molar-refractivity contribution in [3.8, 4) is 0 Å². The van der Waals surface area contributed by atoms with Gasteiger partial charge >= 0.3 is 0 Å². The van der Waals surface area contributed by atoms with E-state index in [9.17, 15) is 4.79 Å². The SMILES string of the molecule is CC1SCCCC1NCc1ccc(N2CCCC2=O)cc1. The Morgan fingerprint density at radius 2 is 2.10 bits per heavy atom. The van der Waals surface area contributed by atoms with E-state index in [1.54, 1.807) is 0 Å². The van der Waals surface area contributed by atoms with Crippen molar-refractivity contribution in [2.24, 2.45) is 0 Å². The summed E-state index contributed by atoms with van der Waals surface area (Å²) in [5.74, 6) is 1.56. The average Bonchev–Trinajstić information content (AvgIpc) is 2.93. The first-order chi connectivity index (χ1) is 10.2. The summed E-state index contributed by atoms with van der Waals surface area (Å²) >= 11 is 2.07. The van der Waals surface area contributed by atoms with E-state index in [0.29, 0.717) is 17.7 Å². The van der Waals surface area contributed by atoms with E-state index in [1.165, 1.54) is 24.2 Å². The van der Waals surface area contributed by atoms with E-state index in [2.05, 4.69) is 48.3 Å². The maximum Gasteiger partial charge on any atom is 0.227 e. The molecule has 3 rings (SSSR count). The second-order valence-electron chi connectivity index (χ2n) is 6.02. The van der Waals surface area contributed by atoms with Gasteiger partial charge in [-0.1, -0.05) is 19.1 Å². The topological polar surface area (TPSA) is 32.3 Å². The molecule has 0 radical (unpaired) electrons. The highest BCUT2D eigenvalue weighted by Gasteiger charge is 2.22. The van der Waals surface area contributed by atoms with Gasteiger partial charge in [-0.05, 0) is 42.7 Å². The molecule has 1 amide bonds. The summed E-state index contributed by atoms with van der Waals surface area (Å²) in [5.41, 5.74) is 2.34. The molecule has 1 N–H and O–H groups in total. The Morgan fingerprint density at radius 3 is 2.76 bits per heavy atom. The van der Waals surface area contributed by atoms with E-state index in [-0.39, 0.29) is 5.91 Å². The number of hydrogen-bond donors (Lipinski definition) is 1. The lowest BCUT2D eigenvalue weighted by molar-refractivity contribution is -0.117. The first kappa shape index (κ1) is 14.9. The summed E-state index contributed by atoms with van der Waals surface area (Å²) < 4.78 is 0. The summed E-state index contributed by atoms with van der Waals surface area (Å²) in [6, 6.07) is 9.09. The van der Waals surface area contributed by atoms with Crippen LogP contribution in [0.25, 0.3) is 0 Å². The van der Waals surface area contributed by atoms with Crippen molar-refractivity contribution >= 4 is 23.4 Å². The van der Waals surface area contributed by atoms with Crippen LogP contribution in [0.1, 0.15) is 38.2 Å². The van der Waals surface area contributed by atoms with Crippen molar-refractivity contribution in [2.75, 3.05) is 17.2 Å². The lowest BCUT2D eigenvalue weighted by atomic mass is 10.1. The van der Waals surface area contributed by atoms with Crippen molar-refractivity contribution < 1.29 is 4.79 Å². The predicted octanol–water partition coefficient (Wildman–Crippen LogP) is 3.19. The van der Waals surface area contributed by atoms with Gasteiger partial charge in [0.25, 0.3) is 0 Å². The van der Waals surface area contributed by atoms with Gasteiger partial charge in [0.2, 0.25) is 5.91 Å². The number of thioether (sulfide) groups is 1. The number of nitrogens with zero attached hydrogens (tertiary/aromatic N) is 1. The Balaban J connectivity index is 1.55. The lowest BCUT2D eigenvalue weighted by Gasteiger charge is -2.29. The second-order valence-corrected chi connectivity index (χ2v) is 7.51. The van der Waals surface area contributed by atoms with Crippen LogP contribution in [0.2, 0.25) is 0 Å². The first-order valence-corrected chi connectivity index (χ1v) is 9.03. The molecule has 2 atom stereocenters. The van der Waals surface area contributed by atoms with Crippen LogP contribution in [-0.4, -0.2) is 29.5 Å². The van der Waals surface area contributed by atoms with Gasteiger partial charge in [0, 0.05) is 36.5 Å². The molecule has 1 aromatic carbocycles. The molecule has 21 heavy (non-hydrogen) atoms. The van der Waals surface area contributed by atoms with Crippen molar-refractivity contribution in [1.29, 1.82) is 0 Å². The third-order valence-electron chi connectivity index (χ3n) is 4.50. The van der Waals surface area contributed by atoms with Gasteiger partial charge in [0.15, 0.2) is 0 Å². The Bertz CT molecular complexity index is 488. The Kier molecular flexibility index (Phi) is 4.86. The summed E-state index contributed by atoms with van der Waals surface area (Å²) in [5, 5.41) is 4.39. The van der Waals surface area contributed by atoms with Crippen LogP contribution in [0, 0.1) is 0 Å². The minimum absolute atomic E-state index is 0.258. The van der Waals surface area contributed by atoms with Crippen LogP contribution in [0.15, 0.2) is 24.3 Å². The lowest BCUT2D eigenvalue weighted by Crippen LogP contribution is -2.38. The molecule has 0 aromatic heterocycles. The molecule has 4 heteroatoms. The van der Waals surface area contributed by atoms with Crippen molar-refractivity contribution in [2.45, 2.75) is 50.4 Å². The fourth-order valence-electron chi connectivity index (χ4n) is 3.16. The molecule has 0 bridgehead atoms. The normalized spacial score (nSPS) is 26.3. The zero-order chi connectivity index (χ0) is 14.7. The molecule has 0 saturated carbocycles. The Labute approximate surface area is 131 Å². The van der Waals surface area contributed by atoms with Gasteiger partial charge in [-0.15, -0.1) is 0 Å². The third-order valence-corrected chi connectivity index (χ3v) is 5.88. The molecule has 2 heterocycles. The highest BCUT2D eigenvalue weighted by Crippen LogP contribution is 2.25. The molecule has 2 unspecified atom stereocenters. The third kappa shape index (κ3) is 3.61. The maximum absolute atomic E-state index is 11.7. The highest BCUT2D eigenvalue weighted by atomic mass is 32.2. The van der Waals surface area contributed by atoms with E-state index in [1.807, 2.05) is 4.90 Å². The van der Waals surface area contributed by atoms with Crippen LogP contribution >= 0.6 is 11.8 Å². The molecule has 3 nitrogen and oxygen atoms in total. The van der Waals surface area contributed by atoms with Gasteiger partial charge in [-0.25, -0.2) is 0 Å². The standard InChI is InChI=1S/C17H24N2OS/c1-13-16(4-3-11-21-13)18-12-14-6-8-15(9-7-14)19-10-2-5-17(19)20/h6-9,13,16,18H,2-5,10-12H2,1H3. The van der Waals surface area contributed by atoms with E-state index >= 15 is 0 Å². The molecule has 0 aliphatic carbocycles. The highest BCUT2D eigenvalue weighted by molar-refractivity contribution is 7.99. The van der Waals surface area contributed by atoms with Crippen LogP contribution in [0.4, 0.5) is 5.69 Å². The number of hydrogen-bond acceptors (Lipinski definition) is 3. The fraction of sp³-hybridized carbons (Fsp3) is 0.588. The largest absolute Gasteiger partial charge is 0.312 e. The van der Waals surface area contributed by atoms with Gasteiger partial charge in [-0.3, -0.25) is 4.79 Å². The molecular weight excluding hydrogens is 280 g/mol. The summed E-state index contributed by atoms with van der Waals surface area (Å²) in [6.45, 7) is 4.11. The number of nitrogens with one attached hydrogen (secondary N) is 1. The Morgan fingerprint density at radius 1 is 1.29 bits per heavy atom. The molecule has 0 spiro atoms. The quantitative estimate of drug-likeness (QED) is 0.927. The minimum atomic E-state index is 0.258. The summed E-state index contributed by atoms with van der Waals surface area (Å²) in [7, 11) is 0. The van der Waals surface area contributed by atoms with Crippen molar-refractivity contribution in [3.63, 3.8) is 0 Å². The zero-order valence-electron chi connectivity index (χ0n) is 12.7. The predicted molar refractivity (Wildman–Crippen MR) is 89.8 cm³/mol. The van der Waals surface area contributed by atoms with Crippen LogP contribution in [-0.2, 0) is 11.3 Å². The molecule has 114 valence electrons. The van der Waals surface area contributed by atoms with Gasteiger partial charge < -0.3 is 10.2 Å². The molecule has 2 fully saturated rings. The number of carbonyl (C=O) groups is 1. The number of anilines is 1. The Hall–Kier alpha value is -1.00. The summed E-state index contributed by atoms with van der Waals surface area (Å²) in [6.07, 6.45) is 4.29. The smallest absolute Gasteiger partial charge is 0.227 e. The van der Waals surface area contributed by atoms with E-state index in [4.69, 9.17) is 0 Å². The molecule has 2 aliphatic heterocycles. The monoisotopic (exact) mass is 304 g/mol. The van der Waals surface area contributed by atoms with Crippen LogP contribution in [0.5, 0.6) is 0 Å². The zero-order valence-corrected chi connectivity index (χ0v) is 13.5.